The Bertz CT molecular complexity index is 299. The van der Waals surface area contributed by atoms with Crippen molar-refractivity contribution in [2.75, 3.05) is 26.2 Å². The third-order valence-corrected chi connectivity index (χ3v) is 4.75. The molecule has 3 atom stereocenters. The molecule has 0 aromatic rings. The summed E-state index contributed by atoms with van der Waals surface area (Å²) in [6.07, 6.45) is 5.53. The molecule has 2 aliphatic rings. The van der Waals surface area contributed by atoms with E-state index in [1.807, 2.05) is 0 Å². The van der Waals surface area contributed by atoms with Crippen LogP contribution in [0.1, 0.15) is 46.0 Å². The number of rotatable bonds is 4. The van der Waals surface area contributed by atoms with Gasteiger partial charge in [0, 0.05) is 25.2 Å². The van der Waals surface area contributed by atoms with Crippen LogP contribution in [0.2, 0.25) is 0 Å². The topological polar surface area (TPSA) is 43.8 Å². The molecule has 0 aromatic heterocycles. The SMILES string of the molecule is CC1CCCC(C)N1C(=O)CN1CCC(CCO)C1. The molecule has 2 aliphatic heterocycles. The largest absolute Gasteiger partial charge is 0.396 e. The second kappa shape index (κ2) is 6.71. The molecule has 0 aromatic carbocycles. The molecule has 0 bridgehead atoms. The maximum Gasteiger partial charge on any atom is 0.237 e. The van der Waals surface area contributed by atoms with Crippen LogP contribution in [0.15, 0.2) is 0 Å². The van der Waals surface area contributed by atoms with Gasteiger partial charge in [-0.05, 0) is 58.4 Å². The first-order chi connectivity index (χ1) is 9.11. The van der Waals surface area contributed by atoms with Gasteiger partial charge in [0.15, 0.2) is 0 Å². The molecule has 2 fully saturated rings. The van der Waals surface area contributed by atoms with Crippen LogP contribution < -0.4 is 0 Å². The lowest BCUT2D eigenvalue weighted by atomic mass is 9.97. The van der Waals surface area contributed by atoms with Crippen LogP contribution in [0.5, 0.6) is 0 Å². The lowest BCUT2D eigenvalue weighted by Gasteiger charge is -2.39. The Balaban J connectivity index is 1.83. The van der Waals surface area contributed by atoms with Crippen LogP contribution >= 0.6 is 0 Å². The maximum absolute atomic E-state index is 12.5. The molecule has 0 spiro atoms. The lowest BCUT2D eigenvalue weighted by Crippen LogP contribution is -2.50. The van der Waals surface area contributed by atoms with Gasteiger partial charge in [-0.2, -0.15) is 0 Å². The highest BCUT2D eigenvalue weighted by atomic mass is 16.3. The quantitative estimate of drug-likeness (QED) is 0.840. The molecular formula is C15H28N2O2. The number of carbonyl (C=O) groups excluding carboxylic acids is 1. The highest BCUT2D eigenvalue weighted by Crippen LogP contribution is 2.24. The van der Waals surface area contributed by atoms with Gasteiger partial charge in [-0.1, -0.05) is 0 Å². The maximum atomic E-state index is 12.5. The molecule has 0 aliphatic carbocycles. The van der Waals surface area contributed by atoms with Gasteiger partial charge in [0.1, 0.15) is 0 Å². The predicted molar refractivity (Wildman–Crippen MR) is 75.9 cm³/mol. The molecule has 1 amide bonds. The third kappa shape index (κ3) is 3.69. The zero-order chi connectivity index (χ0) is 13.8. The molecule has 2 saturated heterocycles. The molecule has 0 saturated carbocycles. The van der Waals surface area contributed by atoms with Crippen LogP contribution in [0.3, 0.4) is 0 Å². The second-order valence-electron chi connectivity index (χ2n) is 6.33. The van der Waals surface area contributed by atoms with Gasteiger partial charge >= 0.3 is 0 Å². The number of piperidine rings is 1. The minimum absolute atomic E-state index is 0.270. The number of carbonyl (C=O) groups is 1. The molecule has 4 heteroatoms. The van der Waals surface area contributed by atoms with Crippen molar-refractivity contribution < 1.29 is 9.90 Å². The van der Waals surface area contributed by atoms with E-state index in [4.69, 9.17) is 5.11 Å². The van der Waals surface area contributed by atoms with E-state index in [9.17, 15) is 4.79 Å². The minimum atomic E-state index is 0.270. The van der Waals surface area contributed by atoms with Crippen molar-refractivity contribution >= 4 is 5.91 Å². The Morgan fingerprint density at radius 1 is 1.21 bits per heavy atom. The molecule has 2 rings (SSSR count). The average Bonchev–Trinajstić information content (AvgIpc) is 2.77. The van der Waals surface area contributed by atoms with Crippen molar-refractivity contribution in [3.05, 3.63) is 0 Å². The summed E-state index contributed by atoms with van der Waals surface area (Å²) < 4.78 is 0. The normalized spacial score (nSPS) is 32.8. The number of amides is 1. The Morgan fingerprint density at radius 3 is 2.53 bits per heavy atom. The smallest absolute Gasteiger partial charge is 0.237 e. The van der Waals surface area contributed by atoms with Crippen molar-refractivity contribution in [3.8, 4) is 0 Å². The summed E-state index contributed by atoms with van der Waals surface area (Å²) in [5.74, 6) is 0.873. The molecule has 110 valence electrons. The van der Waals surface area contributed by atoms with Crippen LogP contribution in [-0.2, 0) is 4.79 Å². The van der Waals surface area contributed by atoms with Gasteiger partial charge in [-0.3, -0.25) is 9.69 Å². The Hall–Kier alpha value is -0.610. The first kappa shape index (κ1) is 14.8. The number of aliphatic hydroxyl groups excluding tert-OH is 1. The molecule has 19 heavy (non-hydrogen) atoms. The summed E-state index contributed by atoms with van der Waals surface area (Å²) >= 11 is 0. The number of hydrogen-bond donors (Lipinski definition) is 1. The van der Waals surface area contributed by atoms with E-state index in [2.05, 4.69) is 23.6 Å². The van der Waals surface area contributed by atoms with Gasteiger partial charge < -0.3 is 10.0 Å². The van der Waals surface area contributed by atoms with E-state index in [1.165, 1.54) is 6.42 Å². The highest BCUT2D eigenvalue weighted by Gasteiger charge is 2.31. The molecule has 1 N–H and O–H groups in total. The van der Waals surface area contributed by atoms with Crippen molar-refractivity contribution in [1.82, 2.24) is 9.80 Å². The fraction of sp³-hybridized carbons (Fsp3) is 0.933. The number of likely N-dealkylation sites (tertiary alicyclic amines) is 2. The van der Waals surface area contributed by atoms with E-state index in [0.717, 1.165) is 38.8 Å². The summed E-state index contributed by atoms with van der Waals surface area (Å²) in [4.78, 5) is 16.8. The molecule has 3 unspecified atom stereocenters. The first-order valence-electron chi connectivity index (χ1n) is 7.76. The van der Waals surface area contributed by atoms with Gasteiger partial charge in [0.05, 0.1) is 6.54 Å². The monoisotopic (exact) mass is 268 g/mol. The standard InChI is InChI=1S/C15H28N2O2/c1-12-4-3-5-13(2)17(12)15(19)11-16-8-6-14(10-16)7-9-18/h12-14,18H,3-11H2,1-2H3. The number of nitrogens with zero attached hydrogens (tertiary/aromatic N) is 2. The molecule has 2 heterocycles. The van der Waals surface area contributed by atoms with Crippen molar-refractivity contribution in [2.24, 2.45) is 5.92 Å². The summed E-state index contributed by atoms with van der Waals surface area (Å²) in [7, 11) is 0. The van der Waals surface area contributed by atoms with E-state index in [-0.39, 0.29) is 6.61 Å². The van der Waals surface area contributed by atoms with Crippen LogP contribution in [0.4, 0.5) is 0 Å². The first-order valence-corrected chi connectivity index (χ1v) is 7.76. The fourth-order valence-electron chi connectivity index (χ4n) is 3.66. The summed E-state index contributed by atoms with van der Waals surface area (Å²) in [6.45, 7) is 7.16. The van der Waals surface area contributed by atoms with E-state index in [1.54, 1.807) is 0 Å². The summed E-state index contributed by atoms with van der Waals surface area (Å²) in [5.41, 5.74) is 0. The zero-order valence-corrected chi connectivity index (χ0v) is 12.3. The van der Waals surface area contributed by atoms with E-state index >= 15 is 0 Å². The molecule has 0 radical (unpaired) electrons. The minimum Gasteiger partial charge on any atom is -0.396 e. The lowest BCUT2D eigenvalue weighted by molar-refractivity contribution is -0.138. The van der Waals surface area contributed by atoms with Crippen molar-refractivity contribution in [3.63, 3.8) is 0 Å². The third-order valence-electron chi connectivity index (χ3n) is 4.75. The highest BCUT2D eigenvalue weighted by molar-refractivity contribution is 5.79. The summed E-state index contributed by atoms with van der Waals surface area (Å²) in [6, 6.07) is 0.791. The molecular weight excluding hydrogens is 240 g/mol. The zero-order valence-electron chi connectivity index (χ0n) is 12.3. The average molecular weight is 268 g/mol. The van der Waals surface area contributed by atoms with Crippen LogP contribution in [0, 0.1) is 5.92 Å². The van der Waals surface area contributed by atoms with Crippen molar-refractivity contribution in [2.45, 2.75) is 58.0 Å². The Morgan fingerprint density at radius 2 is 1.89 bits per heavy atom. The van der Waals surface area contributed by atoms with Gasteiger partial charge in [0.25, 0.3) is 0 Å². The Labute approximate surface area is 116 Å². The van der Waals surface area contributed by atoms with Crippen LogP contribution in [0.25, 0.3) is 0 Å². The predicted octanol–water partition coefficient (Wildman–Crippen LogP) is 1.48. The number of hydrogen-bond acceptors (Lipinski definition) is 3. The fourth-order valence-corrected chi connectivity index (χ4v) is 3.66. The van der Waals surface area contributed by atoms with Gasteiger partial charge in [0.2, 0.25) is 5.91 Å². The van der Waals surface area contributed by atoms with E-state index in [0.29, 0.717) is 30.5 Å². The van der Waals surface area contributed by atoms with Gasteiger partial charge in [-0.25, -0.2) is 0 Å². The number of aliphatic hydroxyl groups is 1. The van der Waals surface area contributed by atoms with E-state index < -0.39 is 0 Å². The summed E-state index contributed by atoms with van der Waals surface area (Å²) in [5, 5.41) is 8.97. The Kier molecular flexibility index (Phi) is 5.22. The second-order valence-corrected chi connectivity index (χ2v) is 6.33. The van der Waals surface area contributed by atoms with Gasteiger partial charge in [-0.15, -0.1) is 0 Å². The van der Waals surface area contributed by atoms with Crippen molar-refractivity contribution in [1.29, 1.82) is 0 Å². The van der Waals surface area contributed by atoms with Crippen LogP contribution in [-0.4, -0.2) is 59.1 Å². The molecule has 4 nitrogen and oxygen atoms in total.